The average Bonchev–Trinajstić information content (AvgIpc) is 2.47. The van der Waals surface area contributed by atoms with E-state index in [4.69, 9.17) is 0 Å². The van der Waals surface area contributed by atoms with Gasteiger partial charge in [-0.05, 0) is 30.5 Å². The fraction of sp³-hybridized carbons (Fsp3) is 0.611. The molecule has 21 heavy (non-hydrogen) atoms. The quantitative estimate of drug-likeness (QED) is 0.828. The summed E-state index contributed by atoms with van der Waals surface area (Å²) in [5.41, 5.74) is 2.57. The summed E-state index contributed by atoms with van der Waals surface area (Å²) in [4.78, 5) is 16.7. The lowest BCUT2D eigenvalue weighted by molar-refractivity contribution is -0.132. The molecule has 0 aliphatic carbocycles. The van der Waals surface area contributed by atoms with Crippen LogP contribution in [0.25, 0.3) is 0 Å². The summed E-state index contributed by atoms with van der Waals surface area (Å²) in [6.45, 7) is 10.1. The number of anilines is 1. The third kappa shape index (κ3) is 4.48. The molecular formula is C18H28N2O. The minimum Gasteiger partial charge on any atom is -0.368 e. The summed E-state index contributed by atoms with van der Waals surface area (Å²) in [5, 5.41) is 0. The van der Waals surface area contributed by atoms with E-state index in [1.807, 2.05) is 4.90 Å². The summed E-state index contributed by atoms with van der Waals surface area (Å²) >= 11 is 0. The van der Waals surface area contributed by atoms with Crippen molar-refractivity contribution in [3.63, 3.8) is 0 Å². The number of hydrogen-bond donors (Lipinski definition) is 0. The molecule has 116 valence electrons. The molecule has 1 aliphatic heterocycles. The minimum atomic E-state index is 0.333. The number of aryl methyl sites for hydroxylation is 1. The van der Waals surface area contributed by atoms with Crippen LogP contribution in [0.2, 0.25) is 0 Å². The fourth-order valence-electron chi connectivity index (χ4n) is 3.06. The third-order valence-electron chi connectivity index (χ3n) is 4.30. The lowest BCUT2D eigenvalue weighted by Gasteiger charge is -2.36. The second-order valence-electron chi connectivity index (χ2n) is 6.30. The second kappa shape index (κ2) is 7.48. The van der Waals surface area contributed by atoms with E-state index < -0.39 is 0 Å². The maximum atomic E-state index is 12.3. The molecule has 1 aromatic carbocycles. The molecule has 1 fully saturated rings. The molecule has 0 aromatic heterocycles. The first-order valence-corrected chi connectivity index (χ1v) is 8.19. The van der Waals surface area contributed by atoms with Crippen LogP contribution < -0.4 is 4.90 Å². The topological polar surface area (TPSA) is 23.6 Å². The van der Waals surface area contributed by atoms with E-state index in [1.165, 1.54) is 11.3 Å². The molecule has 1 aromatic rings. The van der Waals surface area contributed by atoms with Gasteiger partial charge in [0.05, 0.1) is 0 Å². The molecule has 3 heteroatoms. The Kier molecular flexibility index (Phi) is 5.66. The highest BCUT2D eigenvalue weighted by Crippen LogP contribution is 2.19. The Morgan fingerprint density at radius 1 is 1.24 bits per heavy atom. The van der Waals surface area contributed by atoms with Crippen molar-refractivity contribution in [1.82, 2.24) is 4.90 Å². The van der Waals surface area contributed by atoms with Crippen LogP contribution in [0.3, 0.4) is 0 Å². The van der Waals surface area contributed by atoms with E-state index in [2.05, 4.69) is 49.9 Å². The summed E-state index contributed by atoms with van der Waals surface area (Å²) in [6, 6.07) is 8.61. The first kappa shape index (κ1) is 15.9. The van der Waals surface area contributed by atoms with E-state index in [1.54, 1.807) is 0 Å². The van der Waals surface area contributed by atoms with Gasteiger partial charge in [-0.2, -0.15) is 0 Å². The van der Waals surface area contributed by atoms with Crippen LogP contribution in [0.15, 0.2) is 24.3 Å². The van der Waals surface area contributed by atoms with Gasteiger partial charge >= 0.3 is 0 Å². The maximum Gasteiger partial charge on any atom is 0.222 e. The van der Waals surface area contributed by atoms with E-state index >= 15 is 0 Å². The predicted molar refractivity (Wildman–Crippen MR) is 88.7 cm³/mol. The van der Waals surface area contributed by atoms with Gasteiger partial charge in [0, 0.05) is 38.3 Å². The molecule has 0 saturated carbocycles. The SMILES string of the molecule is CCCC(C)CC(=O)N1CCN(c2cccc(C)c2)CC1. The molecule has 1 atom stereocenters. The van der Waals surface area contributed by atoms with Gasteiger partial charge in [0.25, 0.3) is 0 Å². The van der Waals surface area contributed by atoms with E-state index in [0.717, 1.165) is 39.0 Å². The van der Waals surface area contributed by atoms with Crippen LogP contribution in [0.4, 0.5) is 5.69 Å². The van der Waals surface area contributed by atoms with Gasteiger partial charge in [0.2, 0.25) is 5.91 Å². The van der Waals surface area contributed by atoms with Crippen LogP contribution in [0, 0.1) is 12.8 Å². The fourth-order valence-corrected chi connectivity index (χ4v) is 3.06. The molecular weight excluding hydrogens is 260 g/mol. The minimum absolute atomic E-state index is 0.333. The summed E-state index contributed by atoms with van der Waals surface area (Å²) in [5.74, 6) is 0.845. The van der Waals surface area contributed by atoms with Crippen molar-refractivity contribution in [2.75, 3.05) is 31.1 Å². The molecule has 0 spiro atoms. The molecule has 1 unspecified atom stereocenters. The van der Waals surface area contributed by atoms with Crippen LogP contribution in [-0.2, 0) is 4.79 Å². The average molecular weight is 288 g/mol. The van der Waals surface area contributed by atoms with E-state index in [-0.39, 0.29) is 0 Å². The monoisotopic (exact) mass is 288 g/mol. The standard InChI is InChI=1S/C18H28N2O/c1-4-6-15(2)14-18(21)20-11-9-19(10-12-20)17-8-5-7-16(3)13-17/h5,7-8,13,15H,4,6,9-12,14H2,1-3H3. The van der Waals surface area contributed by atoms with Crippen LogP contribution in [-0.4, -0.2) is 37.0 Å². The van der Waals surface area contributed by atoms with Crippen LogP contribution in [0.1, 0.15) is 38.7 Å². The number of nitrogens with zero attached hydrogens (tertiary/aromatic N) is 2. The largest absolute Gasteiger partial charge is 0.368 e. The second-order valence-corrected chi connectivity index (χ2v) is 6.30. The van der Waals surface area contributed by atoms with Gasteiger partial charge in [0.15, 0.2) is 0 Å². The Bertz CT molecular complexity index is 464. The zero-order chi connectivity index (χ0) is 15.2. The molecule has 1 amide bonds. The Morgan fingerprint density at radius 3 is 2.57 bits per heavy atom. The summed E-state index contributed by atoms with van der Waals surface area (Å²) in [7, 11) is 0. The van der Waals surface area contributed by atoms with E-state index in [0.29, 0.717) is 18.2 Å². The Labute approximate surface area is 128 Å². The molecule has 1 heterocycles. The van der Waals surface area contributed by atoms with Crippen molar-refractivity contribution in [2.24, 2.45) is 5.92 Å². The zero-order valence-electron chi connectivity index (χ0n) is 13.6. The highest BCUT2D eigenvalue weighted by atomic mass is 16.2. The van der Waals surface area contributed by atoms with Crippen molar-refractivity contribution in [3.05, 3.63) is 29.8 Å². The van der Waals surface area contributed by atoms with Gasteiger partial charge in [-0.15, -0.1) is 0 Å². The third-order valence-corrected chi connectivity index (χ3v) is 4.30. The number of hydrogen-bond acceptors (Lipinski definition) is 2. The van der Waals surface area contributed by atoms with Crippen molar-refractivity contribution >= 4 is 11.6 Å². The van der Waals surface area contributed by atoms with Crippen molar-refractivity contribution in [3.8, 4) is 0 Å². The molecule has 0 N–H and O–H groups in total. The maximum absolute atomic E-state index is 12.3. The molecule has 1 aliphatic rings. The van der Waals surface area contributed by atoms with Gasteiger partial charge in [-0.1, -0.05) is 38.8 Å². The molecule has 2 rings (SSSR count). The zero-order valence-corrected chi connectivity index (χ0v) is 13.6. The lowest BCUT2D eigenvalue weighted by Crippen LogP contribution is -2.49. The summed E-state index contributed by atoms with van der Waals surface area (Å²) in [6.07, 6.45) is 3.02. The Balaban J connectivity index is 1.84. The highest BCUT2D eigenvalue weighted by Gasteiger charge is 2.22. The van der Waals surface area contributed by atoms with Gasteiger partial charge in [0.1, 0.15) is 0 Å². The summed E-state index contributed by atoms with van der Waals surface area (Å²) < 4.78 is 0. The number of benzene rings is 1. The van der Waals surface area contributed by atoms with Gasteiger partial charge in [-0.25, -0.2) is 0 Å². The van der Waals surface area contributed by atoms with Crippen LogP contribution in [0.5, 0.6) is 0 Å². The number of carbonyl (C=O) groups is 1. The molecule has 1 saturated heterocycles. The highest BCUT2D eigenvalue weighted by molar-refractivity contribution is 5.76. The van der Waals surface area contributed by atoms with Crippen molar-refractivity contribution in [2.45, 2.75) is 40.0 Å². The molecule has 3 nitrogen and oxygen atoms in total. The van der Waals surface area contributed by atoms with Crippen LogP contribution >= 0.6 is 0 Å². The number of rotatable bonds is 5. The Hall–Kier alpha value is -1.51. The first-order chi connectivity index (χ1) is 10.1. The molecule has 0 radical (unpaired) electrons. The number of piperazine rings is 1. The lowest BCUT2D eigenvalue weighted by atomic mass is 10.0. The normalized spacial score (nSPS) is 16.9. The first-order valence-electron chi connectivity index (χ1n) is 8.19. The smallest absolute Gasteiger partial charge is 0.222 e. The van der Waals surface area contributed by atoms with Gasteiger partial charge in [-0.3, -0.25) is 4.79 Å². The molecule has 0 bridgehead atoms. The van der Waals surface area contributed by atoms with Gasteiger partial charge < -0.3 is 9.80 Å². The number of carbonyl (C=O) groups excluding carboxylic acids is 1. The van der Waals surface area contributed by atoms with Crippen molar-refractivity contribution in [1.29, 1.82) is 0 Å². The Morgan fingerprint density at radius 2 is 1.95 bits per heavy atom. The van der Waals surface area contributed by atoms with Crippen molar-refractivity contribution < 1.29 is 4.79 Å². The predicted octanol–water partition coefficient (Wildman–Crippen LogP) is 3.47. The van der Waals surface area contributed by atoms with E-state index in [9.17, 15) is 4.79 Å². The number of amides is 1.